The van der Waals surface area contributed by atoms with Crippen molar-refractivity contribution in [1.82, 2.24) is 9.97 Å². The lowest BCUT2D eigenvalue weighted by atomic mass is 10.1. The third kappa shape index (κ3) is 2.91. The molecule has 0 aromatic carbocycles. The van der Waals surface area contributed by atoms with Gasteiger partial charge in [-0.05, 0) is 25.3 Å². The molecule has 0 aliphatic carbocycles. The molecule has 5 heteroatoms. The molecule has 0 saturated carbocycles. The van der Waals surface area contributed by atoms with Crippen LogP contribution in [-0.2, 0) is 0 Å². The van der Waals surface area contributed by atoms with Gasteiger partial charge in [-0.2, -0.15) is 5.26 Å². The molecule has 0 bridgehead atoms. The van der Waals surface area contributed by atoms with E-state index in [-0.39, 0.29) is 0 Å². The topological polar surface area (TPSA) is 52.8 Å². The van der Waals surface area contributed by atoms with Gasteiger partial charge in [0.2, 0.25) is 0 Å². The van der Waals surface area contributed by atoms with Crippen molar-refractivity contribution >= 4 is 27.4 Å². The first-order chi connectivity index (χ1) is 9.54. The van der Waals surface area contributed by atoms with Gasteiger partial charge in [-0.1, -0.05) is 13.8 Å². The molecule has 2 heterocycles. The number of aromatic nitrogens is 2. The summed E-state index contributed by atoms with van der Waals surface area (Å²) in [5.74, 6) is 1.50. The molecule has 0 saturated heterocycles. The van der Waals surface area contributed by atoms with E-state index >= 15 is 0 Å². The quantitative estimate of drug-likeness (QED) is 0.842. The first-order valence-electron chi connectivity index (χ1n) is 6.87. The van der Waals surface area contributed by atoms with Gasteiger partial charge in [0.15, 0.2) is 0 Å². The summed E-state index contributed by atoms with van der Waals surface area (Å²) in [6.07, 6.45) is 2.15. The van der Waals surface area contributed by atoms with Crippen LogP contribution in [0.3, 0.4) is 0 Å². The Morgan fingerprint density at radius 1 is 1.35 bits per heavy atom. The van der Waals surface area contributed by atoms with Crippen molar-refractivity contribution in [3.63, 3.8) is 0 Å². The molecule has 2 rings (SSSR count). The van der Waals surface area contributed by atoms with Gasteiger partial charge >= 0.3 is 0 Å². The maximum absolute atomic E-state index is 8.86. The Labute approximate surface area is 124 Å². The predicted molar refractivity (Wildman–Crippen MR) is 84.2 cm³/mol. The van der Waals surface area contributed by atoms with E-state index in [4.69, 9.17) is 5.26 Å². The maximum atomic E-state index is 8.86. The van der Waals surface area contributed by atoms with Crippen molar-refractivity contribution < 1.29 is 0 Å². The van der Waals surface area contributed by atoms with Gasteiger partial charge < -0.3 is 4.90 Å². The Bertz CT molecular complexity index is 639. The number of anilines is 1. The van der Waals surface area contributed by atoms with E-state index in [2.05, 4.69) is 48.6 Å². The fourth-order valence-corrected chi connectivity index (χ4v) is 3.30. The minimum absolute atomic E-state index is 0.514. The molecule has 106 valence electrons. The van der Waals surface area contributed by atoms with Crippen molar-refractivity contribution in [2.75, 3.05) is 18.0 Å². The van der Waals surface area contributed by atoms with Crippen LogP contribution in [-0.4, -0.2) is 23.1 Å². The van der Waals surface area contributed by atoms with Gasteiger partial charge in [0.1, 0.15) is 17.0 Å². The van der Waals surface area contributed by atoms with E-state index in [1.54, 1.807) is 17.7 Å². The number of fused-ring (bicyclic) bond motifs is 1. The second kappa shape index (κ2) is 6.19. The van der Waals surface area contributed by atoms with Crippen molar-refractivity contribution in [2.45, 2.75) is 34.1 Å². The molecule has 4 nitrogen and oxygen atoms in total. The van der Waals surface area contributed by atoms with E-state index in [9.17, 15) is 0 Å². The second-order valence-corrected chi connectivity index (χ2v) is 6.61. The van der Waals surface area contributed by atoms with Crippen molar-refractivity contribution in [1.29, 1.82) is 5.26 Å². The zero-order valence-electron chi connectivity index (χ0n) is 12.5. The summed E-state index contributed by atoms with van der Waals surface area (Å²) in [4.78, 5) is 13.4. The molecule has 0 fully saturated rings. The molecule has 2 aromatic rings. The minimum atomic E-state index is 0.514. The molecule has 0 N–H and O–H groups in total. The van der Waals surface area contributed by atoms with Crippen LogP contribution in [0, 0.1) is 31.1 Å². The zero-order chi connectivity index (χ0) is 14.7. The highest BCUT2D eigenvalue weighted by Gasteiger charge is 2.17. The van der Waals surface area contributed by atoms with Crippen LogP contribution in [0.15, 0.2) is 6.33 Å². The standard InChI is InChI=1S/C15H20N4S/c1-10(2)8-19(7-5-6-16)14-13-11(3)12(4)20-15(13)18-9-17-14/h9-10H,5,7-8H2,1-4H3. The van der Waals surface area contributed by atoms with Crippen LogP contribution in [0.4, 0.5) is 5.82 Å². The third-order valence-corrected chi connectivity index (χ3v) is 4.44. The van der Waals surface area contributed by atoms with Crippen molar-refractivity contribution in [3.8, 4) is 6.07 Å². The van der Waals surface area contributed by atoms with Crippen LogP contribution < -0.4 is 4.90 Å². The first kappa shape index (κ1) is 14.7. The molecule has 0 atom stereocenters. The second-order valence-electron chi connectivity index (χ2n) is 5.41. The highest BCUT2D eigenvalue weighted by molar-refractivity contribution is 7.18. The van der Waals surface area contributed by atoms with Gasteiger partial charge in [-0.25, -0.2) is 9.97 Å². The summed E-state index contributed by atoms with van der Waals surface area (Å²) in [6.45, 7) is 10.2. The molecule has 20 heavy (non-hydrogen) atoms. The summed E-state index contributed by atoms with van der Waals surface area (Å²) in [7, 11) is 0. The number of nitrogens with zero attached hydrogens (tertiary/aromatic N) is 4. The van der Waals surface area contributed by atoms with Crippen molar-refractivity contribution in [3.05, 3.63) is 16.8 Å². The van der Waals surface area contributed by atoms with Gasteiger partial charge in [0.05, 0.1) is 17.9 Å². The number of thiophene rings is 1. The Morgan fingerprint density at radius 3 is 2.75 bits per heavy atom. The summed E-state index contributed by atoms with van der Waals surface area (Å²) >= 11 is 1.71. The largest absolute Gasteiger partial charge is 0.355 e. The zero-order valence-corrected chi connectivity index (χ0v) is 13.3. The van der Waals surface area contributed by atoms with Crippen LogP contribution in [0.25, 0.3) is 10.2 Å². The molecular weight excluding hydrogens is 268 g/mol. The van der Waals surface area contributed by atoms with Crippen molar-refractivity contribution in [2.24, 2.45) is 5.92 Å². The first-order valence-corrected chi connectivity index (χ1v) is 7.68. The summed E-state index contributed by atoms with van der Waals surface area (Å²) in [5.41, 5.74) is 1.26. The maximum Gasteiger partial charge on any atom is 0.141 e. The van der Waals surface area contributed by atoms with E-state index < -0.39 is 0 Å². The predicted octanol–water partition coefficient (Wildman–Crippen LogP) is 3.68. The SMILES string of the molecule is Cc1sc2ncnc(N(CCC#N)CC(C)C)c2c1C. The third-order valence-electron chi connectivity index (χ3n) is 3.32. The number of aryl methyl sites for hydroxylation is 2. The number of hydrogen-bond donors (Lipinski definition) is 0. The average Bonchev–Trinajstić information content (AvgIpc) is 2.70. The van der Waals surface area contributed by atoms with Crippen LogP contribution in [0.1, 0.15) is 30.7 Å². The van der Waals surface area contributed by atoms with Crippen LogP contribution >= 0.6 is 11.3 Å². The molecule has 0 aliphatic rings. The van der Waals surface area contributed by atoms with E-state index in [1.165, 1.54) is 10.4 Å². The van der Waals surface area contributed by atoms with Gasteiger partial charge in [0, 0.05) is 18.0 Å². The highest BCUT2D eigenvalue weighted by Crippen LogP contribution is 2.34. The minimum Gasteiger partial charge on any atom is -0.355 e. The van der Waals surface area contributed by atoms with Crippen LogP contribution in [0.5, 0.6) is 0 Å². The Kier molecular flexibility index (Phi) is 4.56. The molecule has 0 amide bonds. The molecule has 0 unspecified atom stereocenters. The average molecular weight is 288 g/mol. The van der Waals surface area contributed by atoms with E-state index in [1.807, 2.05) is 0 Å². The summed E-state index contributed by atoms with van der Waals surface area (Å²) < 4.78 is 0. The van der Waals surface area contributed by atoms with Gasteiger partial charge in [-0.3, -0.25) is 0 Å². The van der Waals surface area contributed by atoms with E-state index in [0.717, 1.165) is 29.1 Å². The smallest absolute Gasteiger partial charge is 0.141 e. The number of hydrogen-bond acceptors (Lipinski definition) is 5. The highest BCUT2D eigenvalue weighted by atomic mass is 32.1. The Hall–Kier alpha value is -1.67. The fraction of sp³-hybridized carbons (Fsp3) is 0.533. The van der Waals surface area contributed by atoms with Gasteiger partial charge in [0.25, 0.3) is 0 Å². The Morgan fingerprint density at radius 2 is 2.10 bits per heavy atom. The van der Waals surface area contributed by atoms with Crippen LogP contribution in [0.2, 0.25) is 0 Å². The summed E-state index contributed by atoms with van der Waals surface area (Å²) in [5, 5.41) is 10.0. The number of nitriles is 1. The molecule has 2 aromatic heterocycles. The summed E-state index contributed by atoms with van der Waals surface area (Å²) in [6, 6.07) is 2.23. The Balaban J connectivity index is 2.49. The lowest BCUT2D eigenvalue weighted by Crippen LogP contribution is -2.29. The molecule has 0 spiro atoms. The molecule has 0 aliphatic heterocycles. The molecular formula is C15H20N4S. The fourth-order valence-electron chi connectivity index (χ4n) is 2.31. The lowest BCUT2D eigenvalue weighted by Gasteiger charge is -2.25. The van der Waals surface area contributed by atoms with E-state index in [0.29, 0.717) is 12.3 Å². The monoisotopic (exact) mass is 288 g/mol. The molecule has 0 radical (unpaired) electrons. The number of rotatable bonds is 5. The van der Waals surface area contributed by atoms with Gasteiger partial charge in [-0.15, -0.1) is 11.3 Å². The lowest BCUT2D eigenvalue weighted by molar-refractivity contribution is 0.609. The normalized spacial score (nSPS) is 11.0.